The second kappa shape index (κ2) is 10.0. The van der Waals surface area contributed by atoms with Gasteiger partial charge in [-0.2, -0.15) is 4.98 Å². The molecule has 0 spiro atoms. The lowest BCUT2D eigenvalue weighted by Gasteiger charge is -2.14. The smallest absolute Gasteiger partial charge is 0.341 e. The van der Waals surface area contributed by atoms with E-state index >= 15 is 0 Å². The van der Waals surface area contributed by atoms with Gasteiger partial charge in [0.1, 0.15) is 5.56 Å². The molecular weight excluding hydrogens is 454 g/mol. The van der Waals surface area contributed by atoms with Crippen LogP contribution in [-0.2, 0) is 6.42 Å². The van der Waals surface area contributed by atoms with Gasteiger partial charge in [-0.15, -0.1) is 6.42 Å². The van der Waals surface area contributed by atoms with Gasteiger partial charge in [-0.05, 0) is 74.3 Å². The standard InChI is InChI=1S/C28H25N5O3/c1-2-19-7-11-22(12-8-19)33-18-24(27(35)36)25(34)23-17-29-28(31-26(23)33)30-21-9-5-20(6-10-21)13-16-32-14-3-4-15-32/h1,5-12,17-18H,3-4,13-16H2,(H,35,36)(H,29,30,31). The minimum atomic E-state index is -1.32. The van der Waals surface area contributed by atoms with E-state index < -0.39 is 11.4 Å². The zero-order chi connectivity index (χ0) is 25.1. The predicted molar refractivity (Wildman–Crippen MR) is 139 cm³/mol. The number of benzene rings is 2. The first kappa shape index (κ1) is 23.3. The number of rotatable bonds is 7. The largest absolute Gasteiger partial charge is 0.477 e. The van der Waals surface area contributed by atoms with Gasteiger partial charge in [0.05, 0.1) is 5.39 Å². The lowest BCUT2D eigenvalue weighted by atomic mass is 10.1. The Morgan fingerprint density at radius 2 is 1.81 bits per heavy atom. The molecule has 180 valence electrons. The number of likely N-dealkylation sites (tertiary alicyclic amines) is 1. The number of anilines is 2. The molecule has 8 nitrogen and oxygen atoms in total. The van der Waals surface area contributed by atoms with E-state index in [4.69, 9.17) is 6.42 Å². The molecule has 4 aromatic rings. The first-order chi connectivity index (χ1) is 17.5. The minimum Gasteiger partial charge on any atom is -0.477 e. The van der Waals surface area contributed by atoms with Gasteiger partial charge in [-0.25, -0.2) is 9.78 Å². The number of aromatic carboxylic acids is 1. The van der Waals surface area contributed by atoms with Gasteiger partial charge >= 0.3 is 5.97 Å². The molecular formula is C28H25N5O3. The third kappa shape index (κ3) is 4.83. The molecule has 0 unspecified atom stereocenters. The van der Waals surface area contributed by atoms with E-state index in [1.165, 1.54) is 43.9 Å². The summed E-state index contributed by atoms with van der Waals surface area (Å²) in [6, 6.07) is 15.1. The van der Waals surface area contributed by atoms with Crippen LogP contribution in [0.2, 0.25) is 0 Å². The molecule has 1 aliphatic heterocycles. The average Bonchev–Trinajstić information content (AvgIpc) is 3.42. The zero-order valence-electron chi connectivity index (χ0n) is 19.6. The molecule has 0 saturated carbocycles. The van der Waals surface area contributed by atoms with Crippen molar-refractivity contribution in [2.75, 3.05) is 25.0 Å². The number of hydrogen-bond acceptors (Lipinski definition) is 6. The first-order valence-corrected chi connectivity index (χ1v) is 11.8. The number of carboxylic acids is 1. The molecule has 2 N–H and O–H groups in total. The molecule has 0 aliphatic carbocycles. The molecule has 2 aromatic carbocycles. The van der Waals surface area contributed by atoms with Crippen molar-refractivity contribution < 1.29 is 9.90 Å². The van der Waals surface area contributed by atoms with Crippen LogP contribution in [0.1, 0.15) is 34.3 Å². The summed E-state index contributed by atoms with van der Waals surface area (Å²) in [5.41, 5.74) is 2.67. The molecule has 36 heavy (non-hydrogen) atoms. The van der Waals surface area contributed by atoms with Crippen LogP contribution in [0, 0.1) is 12.3 Å². The maximum atomic E-state index is 12.8. The van der Waals surface area contributed by atoms with Crippen molar-refractivity contribution in [3.63, 3.8) is 0 Å². The molecule has 1 fully saturated rings. The Labute approximate surface area is 208 Å². The van der Waals surface area contributed by atoms with E-state index in [1.807, 2.05) is 12.1 Å². The van der Waals surface area contributed by atoms with Gasteiger partial charge in [-0.1, -0.05) is 18.1 Å². The maximum absolute atomic E-state index is 12.8. The fourth-order valence-corrected chi connectivity index (χ4v) is 4.42. The summed E-state index contributed by atoms with van der Waals surface area (Å²) >= 11 is 0. The minimum absolute atomic E-state index is 0.110. The third-order valence-corrected chi connectivity index (χ3v) is 6.41. The van der Waals surface area contributed by atoms with Crippen molar-refractivity contribution in [2.45, 2.75) is 19.3 Å². The number of nitrogens with zero attached hydrogens (tertiary/aromatic N) is 4. The lowest BCUT2D eigenvalue weighted by molar-refractivity contribution is 0.0695. The topological polar surface area (TPSA) is 100 Å². The SMILES string of the molecule is C#Cc1ccc(-n2cc(C(=O)O)c(=O)c3cnc(Nc4ccc(CCN5CCCC5)cc4)nc32)cc1. The van der Waals surface area contributed by atoms with Crippen LogP contribution in [-0.4, -0.2) is 50.1 Å². The predicted octanol–water partition coefficient (Wildman–Crippen LogP) is 3.84. The second-order valence-corrected chi connectivity index (χ2v) is 8.79. The Morgan fingerprint density at radius 1 is 1.08 bits per heavy atom. The molecule has 2 aromatic heterocycles. The van der Waals surface area contributed by atoms with Crippen molar-refractivity contribution >= 4 is 28.6 Å². The summed E-state index contributed by atoms with van der Waals surface area (Å²) in [5, 5.41) is 12.8. The summed E-state index contributed by atoms with van der Waals surface area (Å²) in [6.45, 7) is 3.44. The van der Waals surface area contributed by atoms with Crippen molar-refractivity contribution in [3.05, 3.63) is 87.8 Å². The van der Waals surface area contributed by atoms with Gasteiger partial charge in [0, 0.05) is 35.9 Å². The molecule has 1 saturated heterocycles. The number of terminal acetylenes is 1. The van der Waals surface area contributed by atoms with Crippen LogP contribution in [0.5, 0.6) is 0 Å². The van der Waals surface area contributed by atoms with Crippen molar-refractivity contribution in [2.24, 2.45) is 0 Å². The highest BCUT2D eigenvalue weighted by Crippen LogP contribution is 2.20. The maximum Gasteiger partial charge on any atom is 0.341 e. The van der Waals surface area contributed by atoms with E-state index in [0.29, 0.717) is 17.2 Å². The van der Waals surface area contributed by atoms with E-state index in [0.717, 1.165) is 18.7 Å². The number of carbonyl (C=O) groups is 1. The highest BCUT2D eigenvalue weighted by molar-refractivity contribution is 5.92. The Bertz CT molecular complexity index is 1510. The van der Waals surface area contributed by atoms with Crippen LogP contribution in [0.3, 0.4) is 0 Å². The fraction of sp³-hybridized carbons (Fsp3) is 0.214. The van der Waals surface area contributed by atoms with Crippen molar-refractivity contribution in [1.82, 2.24) is 19.4 Å². The van der Waals surface area contributed by atoms with E-state index in [9.17, 15) is 14.7 Å². The quantitative estimate of drug-likeness (QED) is 0.389. The Hall–Kier alpha value is -4.48. The molecule has 0 bridgehead atoms. The molecule has 5 rings (SSSR count). The van der Waals surface area contributed by atoms with E-state index in [1.54, 1.807) is 28.8 Å². The fourth-order valence-electron chi connectivity index (χ4n) is 4.42. The molecule has 0 atom stereocenters. The molecule has 0 amide bonds. The van der Waals surface area contributed by atoms with Gasteiger partial charge < -0.3 is 19.9 Å². The molecule has 0 radical (unpaired) electrons. The van der Waals surface area contributed by atoms with Crippen LogP contribution >= 0.6 is 0 Å². The number of hydrogen-bond donors (Lipinski definition) is 2. The Kier molecular flexibility index (Phi) is 6.48. The number of aromatic nitrogens is 3. The summed E-state index contributed by atoms with van der Waals surface area (Å²) in [4.78, 5) is 35.8. The summed E-state index contributed by atoms with van der Waals surface area (Å²) < 4.78 is 1.56. The Balaban J connectivity index is 1.45. The number of pyridine rings is 1. The highest BCUT2D eigenvalue weighted by atomic mass is 16.4. The second-order valence-electron chi connectivity index (χ2n) is 8.79. The van der Waals surface area contributed by atoms with E-state index in [2.05, 4.69) is 38.2 Å². The molecule has 1 aliphatic rings. The van der Waals surface area contributed by atoms with Crippen molar-refractivity contribution in [1.29, 1.82) is 0 Å². The monoisotopic (exact) mass is 479 g/mol. The zero-order valence-corrected chi connectivity index (χ0v) is 19.6. The average molecular weight is 480 g/mol. The van der Waals surface area contributed by atoms with Gasteiger partial charge in [-0.3, -0.25) is 4.79 Å². The van der Waals surface area contributed by atoms with Crippen LogP contribution in [0.15, 0.2) is 65.7 Å². The van der Waals surface area contributed by atoms with Gasteiger partial charge in [0.25, 0.3) is 0 Å². The summed E-state index contributed by atoms with van der Waals surface area (Å²) in [5.74, 6) is 1.53. The number of nitrogens with one attached hydrogen (secondary N) is 1. The van der Waals surface area contributed by atoms with E-state index in [-0.39, 0.29) is 16.6 Å². The van der Waals surface area contributed by atoms with Crippen molar-refractivity contribution in [3.8, 4) is 18.0 Å². The molecule has 8 heteroatoms. The normalized spacial score (nSPS) is 13.5. The Morgan fingerprint density at radius 3 is 2.47 bits per heavy atom. The van der Waals surface area contributed by atoms with Crippen LogP contribution in [0.25, 0.3) is 16.7 Å². The summed E-state index contributed by atoms with van der Waals surface area (Å²) in [7, 11) is 0. The van der Waals surface area contributed by atoms with Crippen LogP contribution in [0.4, 0.5) is 11.6 Å². The van der Waals surface area contributed by atoms with Crippen LogP contribution < -0.4 is 10.7 Å². The highest BCUT2D eigenvalue weighted by Gasteiger charge is 2.17. The lowest BCUT2D eigenvalue weighted by Crippen LogP contribution is -2.21. The third-order valence-electron chi connectivity index (χ3n) is 6.41. The van der Waals surface area contributed by atoms with Gasteiger partial charge in [0.15, 0.2) is 5.65 Å². The molecule has 3 heterocycles. The number of fused-ring (bicyclic) bond motifs is 1. The van der Waals surface area contributed by atoms with Gasteiger partial charge in [0.2, 0.25) is 11.4 Å². The summed E-state index contributed by atoms with van der Waals surface area (Å²) in [6.07, 6.45) is 11.7. The first-order valence-electron chi connectivity index (χ1n) is 11.8. The number of carboxylic acid groups (broad SMARTS) is 1.